The zero-order chi connectivity index (χ0) is 19.4. The van der Waals surface area contributed by atoms with Gasteiger partial charge in [-0.3, -0.25) is 9.59 Å². The van der Waals surface area contributed by atoms with Gasteiger partial charge in [-0.15, -0.1) is 0 Å². The average molecular weight is 371 g/mol. The second-order valence-electron chi connectivity index (χ2n) is 4.75. The summed E-state index contributed by atoms with van der Waals surface area (Å²) in [7, 11) is 0. The molecular formula is C14H11F6NO4. The molecule has 0 saturated carbocycles. The summed E-state index contributed by atoms with van der Waals surface area (Å²) in [6.45, 7) is -0.604. The van der Waals surface area contributed by atoms with Crippen LogP contribution in [0.1, 0.15) is 28.4 Å². The second-order valence-corrected chi connectivity index (χ2v) is 4.75. The van der Waals surface area contributed by atoms with Crippen LogP contribution >= 0.6 is 0 Å². The first-order valence-electron chi connectivity index (χ1n) is 6.54. The maximum absolute atomic E-state index is 12.9. The SMILES string of the molecule is CC(=O)NCC(=O)COC(=O)c1c(C(F)(F)F)cccc1C(F)(F)F. The minimum Gasteiger partial charge on any atom is -0.454 e. The molecule has 1 rings (SSSR count). The lowest BCUT2D eigenvalue weighted by Gasteiger charge is -2.17. The van der Waals surface area contributed by atoms with Crippen LogP contribution in [0, 0.1) is 0 Å². The number of ether oxygens (including phenoxy) is 1. The highest BCUT2D eigenvalue weighted by atomic mass is 19.4. The molecule has 0 unspecified atom stereocenters. The van der Waals surface area contributed by atoms with Gasteiger partial charge >= 0.3 is 18.3 Å². The van der Waals surface area contributed by atoms with Crippen LogP contribution in [0.4, 0.5) is 26.3 Å². The van der Waals surface area contributed by atoms with E-state index in [2.05, 4.69) is 4.74 Å². The van der Waals surface area contributed by atoms with Gasteiger partial charge in [0, 0.05) is 6.92 Å². The molecule has 1 aromatic carbocycles. The van der Waals surface area contributed by atoms with Gasteiger partial charge in [0.05, 0.1) is 23.2 Å². The summed E-state index contributed by atoms with van der Waals surface area (Å²) in [5, 5.41) is 2.04. The van der Waals surface area contributed by atoms with E-state index in [0.29, 0.717) is 18.2 Å². The van der Waals surface area contributed by atoms with Crippen LogP contribution in [0.5, 0.6) is 0 Å². The van der Waals surface area contributed by atoms with Gasteiger partial charge in [-0.1, -0.05) is 6.07 Å². The smallest absolute Gasteiger partial charge is 0.417 e. The highest BCUT2D eigenvalue weighted by Crippen LogP contribution is 2.39. The van der Waals surface area contributed by atoms with Gasteiger partial charge < -0.3 is 10.1 Å². The lowest BCUT2D eigenvalue weighted by molar-refractivity contribution is -0.144. The minimum atomic E-state index is -5.24. The summed E-state index contributed by atoms with van der Waals surface area (Å²) in [6, 6.07) is 1.10. The number of alkyl halides is 6. The van der Waals surface area contributed by atoms with Crippen LogP contribution in [0.2, 0.25) is 0 Å². The van der Waals surface area contributed by atoms with E-state index in [9.17, 15) is 40.7 Å². The van der Waals surface area contributed by atoms with Crippen LogP contribution in [-0.2, 0) is 26.7 Å². The molecular weight excluding hydrogens is 360 g/mol. The van der Waals surface area contributed by atoms with Crippen molar-refractivity contribution in [3.8, 4) is 0 Å². The summed E-state index contributed by atoms with van der Waals surface area (Å²) < 4.78 is 81.6. The lowest BCUT2D eigenvalue weighted by atomic mass is 10.00. The monoisotopic (exact) mass is 371 g/mol. The summed E-state index contributed by atoms with van der Waals surface area (Å²) >= 11 is 0. The van der Waals surface area contributed by atoms with Crippen molar-refractivity contribution in [3.05, 3.63) is 34.9 Å². The fourth-order valence-corrected chi connectivity index (χ4v) is 1.74. The normalized spacial score (nSPS) is 11.8. The third kappa shape index (κ3) is 5.76. The highest BCUT2D eigenvalue weighted by Gasteiger charge is 2.43. The molecule has 11 heteroatoms. The second kappa shape index (κ2) is 7.53. The van der Waals surface area contributed by atoms with E-state index in [1.807, 2.05) is 5.32 Å². The molecule has 0 saturated heterocycles. The van der Waals surface area contributed by atoms with Gasteiger partial charge in [-0.05, 0) is 12.1 Å². The highest BCUT2D eigenvalue weighted by molar-refractivity contribution is 5.95. The van der Waals surface area contributed by atoms with Crippen LogP contribution < -0.4 is 5.32 Å². The van der Waals surface area contributed by atoms with Crippen LogP contribution in [0.25, 0.3) is 0 Å². The Morgan fingerprint density at radius 2 is 1.48 bits per heavy atom. The zero-order valence-electron chi connectivity index (χ0n) is 12.5. The molecule has 25 heavy (non-hydrogen) atoms. The molecule has 0 spiro atoms. The van der Waals surface area contributed by atoms with Crippen molar-refractivity contribution in [2.75, 3.05) is 13.2 Å². The average Bonchev–Trinajstić information content (AvgIpc) is 2.48. The molecule has 5 nitrogen and oxygen atoms in total. The number of halogens is 6. The Bertz CT molecular complexity index is 649. The van der Waals surface area contributed by atoms with E-state index in [0.717, 1.165) is 6.92 Å². The molecule has 0 bridgehead atoms. The van der Waals surface area contributed by atoms with E-state index in [1.54, 1.807) is 0 Å². The predicted molar refractivity (Wildman–Crippen MR) is 70.4 cm³/mol. The molecule has 0 heterocycles. The largest absolute Gasteiger partial charge is 0.454 e. The van der Waals surface area contributed by atoms with Crippen molar-refractivity contribution in [3.63, 3.8) is 0 Å². The molecule has 138 valence electrons. The number of rotatable bonds is 5. The van der Waals surface area contributed by atoms with Crippen LogP contribution in [-0.4, -0.2) is 30.8 Å². The van der Waals surface area contributed by atoms with Gasteiger partial charge in [0.2, 0.25) is 5.91 Å². The fraction of sp³-hybridized carbons (Fsp3) is 0.357. The first-order valence-corrected chi connectivity index (χ1v) is 6.54. The Morgan fingerprint density at radius 1 is 1.00 bits per heavy atom. The van der Waals surface area contributed by atoms with Crippen molar-refractivity contribution < 1.29 is 45.5 Å². The van der Waals surface area contributed by atoms with Crippen molar-refractivity contribution in [1.29, 1.82) is 0 Å². The molecule has 0 radical (unpaired) electrons. The standard InChI is InChI=1S/C14H11F6NO4/c1-7(22)21-5-8(23)6-25-12(24)11-9(13(15,16)17)3-2-4-10(11)14(18,19)20/h2-4H,5-6H2,1H3,(H,21,22). The van der Waals surface area contributed by atoms with Crippen LogP contribution in [0.3, 0.4) is 0 Å². The first-order chi connectivity index (χ1) is 11.3. The van der Waals surface area contributed by atoms with E-state index < -0.39 is 59.9 Å². The maximum atomic E-state index is 12.9. The number of nitrogens with one attached hydrogen (secondary N) is 1. The fourth-order valence-electron chi connectivity index (χ4n) is 1.74. The van der Waals surface area contributed by atoms with E-state index in [1.165, 1.54) is 0 Å². The number of carbonyl (C=O) groups is 3. The molecule has 0 aromatic heterocycles. The van der Waals surface area contributed by atoms with Crippen molar-refractivity contribution in [2.45, 2.75) is 19.3 Å². The van der Waals surface area contributed by atoms with E-state index in [-0.39, 0.29) is 0 Å². The zero-order valence-corrected chi connectivity index (χ0v) is 12.5. The third-order valence-corrected chi connectivity index (χ3v) is 2.78. The topological polar surface area (TPSA) is 72.5 Å². The summed E-state index contributed by atoms with van der Waals surface area (Å²) in [4.78, 5) is 33.7. The number of amides is 1. The molecule has 0 aliphatic carbocycles. The van der Waals surface area contributed by atoms with Crippen molar-refractivity contribution in [1.82, 2.24) is 5.32 Å². The third-order valence-electron chi connectivity index (χ3n) is 2.78. The number of ketones is 1. The molecule has 0 aliphatic rings. The van der Waals surface area contributed by atoms with E-state index in [4.69, 9.17) is 0 Å². The summed E-state index contributed by atoms with van der Waals surface area (Å²) in [6.07, 6.45) is -10.5. The van der Waals surface area contributed by atoms with Gasteiger partial charge in [-0.2, -0.15) is 26.3 Å². The van der Waals surface area contributed by atoms with Crippen molar-refractivity contribution in [2.24, 2.45) is 0 Å². The summed E-state index contributed by atoms with van der Waals surface area (Å²) in [5.41, 5.74) is -5.39. The molecule has 1 amide bonds. The molecule has 0 atom stereocenters. The number of hydrogen-bond donors (Lipinski definition) is 1. The molecule has 1 aromatic rings. The Balaban J connectivity index is 3.11. The Hall–Kier alpha value is -2.59. The predicted octanol–water partition coefficient (Wildman–Crippen LogP) is 2.59. The number of Topliss-reactive ketones (excluding diaryl/α,β-unsaturated/α-hetero) is 1. The molecule has 0 fully saturated rings. The molecule has 0 aliphatic heterocycles. The quantitative estimate of drug-likeness (QED) is 0.638. The lowest BCUT2D eigenvalue weighted by Crippen LogP contribution is -2.30. The Kier molecular flexibility index (Phi) is 6.16. The van der Waals surface area contributed by atoms with Gasteiger partial charge in [0.15, 0.2) is 12.4 Å². The number of esters is 1. The van der Waals surface area contributed by atoms with Gasteiger partial charge in [0.1, 0.15) is 0 Å². The Labute approximate surface area is 136 Å². The van der Waals surface area contributed by atoms with E-state index >= 15 is 0 Å². The Morgan fingerprint density at radius 3 is 1.88 bits per heavy atom. The number of carbonyl (C=O) groups excluding carboxylic acids is 3. The van der Waals surface area contributed by atoms with Gasteiger partial charge in [-0.25, -0.2) is 4.79 Å². The van der Waals surface area contributed by atoms with Crippen LogP contribution in [0.15, 0.2) is 18.2 Å². The van der Waals surface area contributed by atoms with Gasteiger partial charge in [0.25, 0.3) is 0 Å². The summed E-state index contributed by atoms with van der Waals surface area (Å²) in [5.74, 6) is -3.46. The minimum absolute atomic E-state index is 0.297. The first kappa shape index (κ1) is 20.5. The number of hydrogen-bond acceptors (Lipinski definition) is 4. The van der Waals surface area contributed by atoms with Crippen molar-refractivity contribution >= 4 is 17.7 Å². The molecule has 1 N–H and O–H groups in total. The number of benzene rings is 1. The maximum Gasteiger partial charge on any atom is 0.417 e.